The maximum absolute atomic E-state index is 15.0. The Morgan fingerprint density at radius 2 is 1.95 bits per heavy atom. The summed E-state index contributed by atoms with van der Waals surface area (Å²) in [7, 11) is 1.53. The standard InChI is InChI=1S/C31H32FNO5S/c1-31(2,3)27-13-12-26(39-27)29-25(33-38-30(29)23-15-20(36-4)10-11-24(23)32)17-37-21-7-5-6-19(14-21)22(16-28(34)35)18-8-9-18/h5-7,10-15,18,22H,8-9,16-17H2,1-4H3,(H,34,35)/t22-/m0/s1. The van der Waals surface area contributed by atoms with Crippen LogP contribution in [-0.4, -0.2) is 23.3 Å². The topological polar surface area (TPSA) is 81.8 Å². The number of nitrogens with zero attached hydrogens (tertiary/aromatic N) is 1. The fourth-order valence-electron chi connectivity index (χ4n) is 4.77. The van der Waals surface area contributed by atoms with Crippen molar-refractivity contribution < 1.29 is 28.3 Å². The van der Waals surface area contributed by atoms with Gasteiger partial charge in [0, 0.05) is 9.75 Å². The van der Waals surface area contributed by atoms with Gasteiger partial charge < -0.3 is 19.1 Å². The first-order valence-electron chi connectivity index (χ1n) is 13.0. The number of hydrogen-bond donors (Lipinski definition) is 1. The number of benzene rings is 2. The first-order chi connectivity index (χ1) is 18.6. The van der Waals surface area contributed by atoms with Crippen LogP contribution < -0.4 is 9.47 Å². The molecule has 0 saturated heterocycles. The number of carboxylic acid groups (broad SMARTS) is 1. The second kappa shape index (κ2) is 10.8. The fourth-order valence-corrected chi connectivity index (χ4v) is 5.90. The van der Waals surface area contributed by atoms with Gasteiger partial charge in [0.2, 0.25) is 0 Å². The van der Waals surface area contributed by atoms with Crippen LogP contribution in [0.5, 0.6) is 11.5 Å². The number of thiophene rings is 1. The molecule has 6 nitrogen and oxygen atoms in total. The van der Waals surface area contributed by atoms with Gasteiger partial charge in [0.05, 0.1) is 24.7 Å². The predicted octanol–water partition coefficient (Wildman–Crippen LogP) is 8.06. The molecule has 204 valence electrons. The Balaban J connectivity index is 1.49. The van der Waals surface area contributed by atoms with Gasteiger partial charge >= 0.3 is 5.97 Å². The van der Waals surface area contributed by atoms with E-state index in [-0.39, 0.29) is 29.9 Å². The Morgan fingerprint density at radius 3 is 2.62 bits per heavy atom. The van der Waals surface area contributed by atoms with E-state index in [0.717, 1.165) is 23.3 Å². The van der Waals surface area contributed by atoms with Gasteiger partial charge in [-0.1, -0.05) is 38.1 Å². The molecule has 1 saturated carbocycles. The van der Waals surface area contributed by atoms with Crippen LogP contribution in [0.25, 0.3) is 21.8 Å². The van der Waals surface area contributed by atoms with Crippen molar-refractivity contribution in [1.82, 2.24) is 5.16 Å². The van der Waals surface area contributed by atoms with Crippen molar-refractivity contribution >= 4 is 17.3 Å². The lowest BCUT2D eigenvalue weighted by molar-refractivity contribution is -0.137. The second-order valence-electron chi connectivity index (χ2n) is 11.0. The van der Waals surface area contributed by atoms with E-state index in [0.29, 0.717) is 34.4 Å². The third-order valence-electron chi connectivity index (χ3n) is 7.02. The van der Waals surface area contributed by atoms with Gasteiger partial charge in [0.15, 0.2) is 5.76 Å². The lowest BCUT2D eigenvalue weighted by Gasteiger charge is -2.16. The molecule has 8 heteroatoms. The van der Waals surface area contributed by atoms with Gasteiger partial charge in [-0.2, -0.15) is 0 Å². The number of halogens is 1. The average molecular weight is 550 g/mol. The van der Waals surface area contributed by atoms with Crippen LogP contribution in [0.3, 0.4) is 0 Å². The highest BCUT2D eigenvalue weighted by Crippen LogP contribution is 2.46. The highest BCUT2D eigenvalue weighted by Gasteiger charge is 2.34. The van der Waals surface area contributed by atoms with Crippen molar-refractivity contribution in [1.29, 1.82) is 0 Å². The minimum atomic E-state index is -0.798. The minimum Gasteiger partial charge on any atom is -0.497 e. The number of carbonyl (C=O) groups is 1. The number of aromatic nitrogens is 1. The molecule has 1 aliphatic rings. The van der Waals surface area contributed by atoms with Crippen molar-refractivity contribution in [3.05, 3.63) is 76.5 Å². The van der Waals surface area contributed by atoms with Crippen LogP contribution >= 0.6 is 11.3 Å². The number of ether oxygens (including phenoxy) is 2. The van der Waals surface area contributed by atoms with Crippen molar-refractivity contribution in [2.24, 2.45) is 5.92 Å². The van der Waals surface area contributed by atoms with Crippen molar-refractivity contribution in [2.75, 3.05) is 7.11 Å². The van der Waals surface area contributed by atoms with E-state index in [4.69, 9.17) is 14.0 Å². The zero-order chi connectivity index (χ0) is 27.7. The van der Waals surface area contributed by atoms with E-state index in [1.807, 2.05) is 30.3 Å². The van der Waals surface area contributed by atoms with Gasteiger partial charge in [-0.25, -0.2) is 4.39 Å². The van der Waals surface area contributed by atoms with Gasteiger partial charge in [-0.05, 0) is 78.1 Å². The molecule has 39 heavy (non-hydrogen) atoms. The first kappa shape index (κ1) is 26.9. The lowest BCUT2D eigenvalue weighted by Crippen LogP contribution is -2.08. The molecule has 0 aliphatic heterocycles. The molecular formula is C31H32FNO5S. The summed E-state index contributed by atoms with van der Waals surface area (Å²) < 4.78 is 32.3. The van der Waals surface area contributed by atoms with E-state index in [1.54, 1.807) is 23.5 Å². The number of methoxy groups -OCH3 is 1. The third-order valence-corrected chi connectivity index (χ3v) is 8.55. The number of rotatable bonds is 10. The molecule has 2 heterocycles. The van der Waals surface area contributed by atoms with Crippen molar-refractivity contribution in [3.63, 3.8) is 0 Å². The molecule has 1 aliphatic carbocycles. The molecule has 1 fully saturated rings. The smallest absolute Gasteiger partial charge is 0.303 e. The molecular weight excluding hydrogens is 517 g/mol. The molecule has 2 aromatic carbocycles. The molecule has 4 aromatic rings. The summed E-state index contributed by atoms with van der Waals surface area (Å²) >= 11 is 1.62. The molecule has 0 bridgehead atoms. The van der Waals surface area contributed by atoms with Crippen molar-refractivity contribution in [2.45, 2.75) is 58.0 Å². The van der Waals surface area contributed by atoms with Crippen LogP contribution in [-0.2, 0) is 16.8 Å². The van der Waals surface area contributed by atoms with Crippen molar-refractivity contribution in [3.8, 4) is 33.3 Å². The molecule has 1 N–H and O–H groups in total. The second-order valence-corrected chi connectivity index (χ2v) is 12.1. The van der Waals surface area contributed by atoms with Crippen LogP contribution in [0, 0.1) is 11.7 Å². The van der Waals surface area contributed by atoms with Gasteiger partial charge in [0.1, 0.15) is 29.6 Å². The zero-order valence-corrected chi connectivity index (χ0v) is 23.3. The van der Waals surface area contributed by atoms with E-state index in [1.165, 1.54) is 18.1 Å². The summed E-state index contributed by atoms with van der Waals surface area (Å²) in [4.78, 5) is 13.5. The van der Waals surface area contributed by atoms with Gasteiger partial charge in [-0.3, -0.25) is 4.79 Å². The highest BCUT2D eigenvalue weighted by molar-refractivity contribution is 7.15. The predicted molar refractivity (Wildman–Crippen MR) is 149 cm³/mol. The molecule has 2 aromatic heterocycles. The number of carboxylic acids is 1. The molecule has 0 radical (unpaired) electrons. The molecule has 0 unspecified atom stereocenters. The maximum Gasteiger partial charge on any atom is 0.303 e. The Kier molecular flexibility index (Phi) is 7.49. The Morgan fingerprint density at radius 1 is 1.15 bits per heavy atom. The molecule has 0 amide bonds. The van der Waals surface area contributed by atoms with Crippen LogP contribution in [0.1, 0.15) is 62.1 Å². The third kappa shape index (κ3) is 6.01. The van der Waals surface area contributed by atoms with Crippen LogP contribution in [0.2, 0.25) is 0 Å². The lowest BCUT2D eigenvalue weighted by atomic mass is 9.91. The highest BCUT2D eigenvalue weighted by atomic mass is 32.1. The average Bonchev–Trinajstić information content (AvgIpc) is 3.45. The van der Waals surface area contributed by atoms with E-state index in [2.05, 4.69) is 32.0 Å². The maximum atomic E-state index is 15.0. The largest absolute Gasteiger partial charge is 0.497 e. The van der Waals surface area contributed by atoms with E-state index in [9.17, 15) is 9.90 Å². The summed E-state index contributed by atoms with van der Waals surface area (Å²) in [5.74, 6) is 0.577. The monoisotopic (exact) mass is 549 g/mol. The molecule has 1 atom stereocenters. The minimum absolute atomic E-state index is 0.0294. The summed E-state index contributed by atoms with van der Waals surface area (Å²) in [6, 6.07) is 16.2. The summed E-state index contributed by atoms with van der Waals surface area (Å²) in [5, 5.41) is 13.7. The molecule has 0 spiro atoms. The van der Waals surface area contributed by atoms with Crippen LogP contribution in [0.4, 0.5) is 4.39 Å². The normalized spacial score (nSPS) is 14.3. The van der Waals surface area contributed by atoms with Gasteiger partial charge in [-0.15, -0.1) is 11.3 Å². The summed E-state index contributed by atoms with van der Waals surface area (Å²) in [5.41, 5.74) is 2.40. The Hall–Kier alpha value is -3.65. The van der Waals surface area contributed by atoms with E-state index < -0.39 is 11.8 Å². The summed E-state index contributed by atoms with van der Waals surface area (Å²) in [6.07, 6.45) is 2.20. The zero-order valence-electron chi connectivity index (χ0n) is 22.5. The SMILES string of the molecule is COc1ccc(F)c(-c2onc(COc3cccc([C@@H](CC(=O)O)C4CC4)c3)c2-c2ccc(C(C)(C)C)s2)c1. The summed E-state index contributed by atoms with van der Waals surface area (Å²) in [6.45, 7) is 6.54. The quantitative estimate of drug-likeness (QED) is 0.215. The van der Waals surface area contributed by atoms with Crippen LogP contribution in [0.15, 0.2) is 59.1 Å². The van der Waals surface area contributed by atoms with Gasteiger partial charge in [0.25, 0.3) is 0 Å². The number of hydrogen-bond acceptors (Lipinski definition) is 6. The first-order valence-corrected chi connectivity index (χ1v) is 13.8. The fraction of sp³-hybridized carbons (Fsp3) is 0.355. The van der Waals surface area contributed by atoms with E-state index >= 15 is 4.39 Å². The number of aliphatic carboxylic acids is 1. The Bertz CT molecular complexity index is 1480. The Labute approximate surface area is 231 Å². The molecule has 5 rings (SSSR count).